The fourth-order valence-electron chi connectivity index (χ4n) is 0.314. The fraction of sp³-hybridized carbons (Fsp3) is 0.571. The van der Waals surface area contributed by atoms with Gasteiger partial charge in [0.05, 0.1) is 0 Å². The summed E-state index contributed by atoms with van der Waals surface area (Å²) in [5.74, 6) is 0. The van der Waals surface area contributed by atoms with Crippen molar-refractivity contribution < 1.29 is 9.53 Å². The van der Waals surface area contributed by atoms with Crippen molar-refractivity contribution in [1.29, 1.82) is 0 Å². The average Bonchev–Trinajstić information content (AvgIpc) is 1.82. The molecule has 0 radical (unpaired) electrons. The van der Waals surface area contributed by atoms with Crippen LogP contribution in [-0.2, 0) is 4.74 Å². The highest BCUT2D eigenvalue weighted by Gasteiger charge is 2.02. The van der Waals surface area contributed by atoms with Gasteiger partial charge in [0, 0.05) is 14.1 Å². The molecule has 0 rings (SSSR count). The van der Waals surface area contributed by atoms with E-state index in [0.717, 1.165) is 5.57 Å². The van der Waals surface area contributed by atoms with Crippen LogP contribution in [0.2, 0.25) is 0 Å². The second-order valence-corrected chi connectivity index (χ2v) is 2.41. The maximum absolute atomic E-state index is 10.7. The zero-order valence-corrected chi connectivity index (χ0v) is 6.68. The first-order chi connectivity index (χ1) is 4.54. The van der Waals surface area contributed by atoms with E-state index in [4.69, 9.17) is 4.74 Å². The van der Waals surface area contributed by atoms with E-state index in [1.165, 1.54) is 4.90 Å². The van der Waals surface area contributed by atoms with Crippen LogP contribution in [0.1, 0.15) is 6.92 Å². The minimum atomic E-state index is -0.331. The quantitative estimate of drug-likeness (QED) is 0.544. The predicted molar refractivity (Wildman–Crippen MR) is 39.8 cm³/mol. The van der Waals surface area contributed by atoms with Crippen molar-refractivity contribution in [2.75, 3.05) is 20.7 Å². The van der Waals surface area contributed by atoms with Crippen LogP contribution < -0.4 is 0 Å². The lowest BCUT2D eigenvalue weighted by Gasteiger charge is -2.10. The summed E-state index contributed by atoms with van der Waals surface area (Å²) >= 11 is 0. The first-order valence-corrected chi connectivity index (χ1v) is 3.02. The summed E-state index contributed by atoms with van der Waals surface area (Å²) in [4.78, 5) is 12.1. The van der Waals surface area contributed by atoms with E-state index in [0.29, 0.717) is 6.61 Å². The highest BCUT2D eigenvalue weighted by molar-refractivity contribution is 5.66. The van der Waals surface area contributed by atoms with Crippen molar-refractivity contribution in [3.05, 3.63) is 12.2 Å². The van der Waals surface area contributed by atoms with E-state index in [-0.39, 0.29) is 6.09 Å². The summed E-state index contributed by atoms with van der Waals surface area (Å²) in [5, 5.41) is 0. The largest absolute Gasteiger partial charge is 0.445 e. The molecule has 0 saturated heterocycles. The molecule has 0 unspecified atom stereocenters. The van der Waals surface area contributed by atoms with Crippen LogP contribution in [-0.4, -0.2) is 31.7 Å². The van der Waals surface area contributed by atoms with Crippen LogP contribution in [0.25, 0.3) is 0 Å². The number of hydrogen-bond donors (Lipinski definition) is 0. The van der Waals surface area contributed by atoms with Crippen LogP contribution in [0.15, 0.2) is 12.2 Å². The number of amides is 1. The monoisotopic (exact) mass is 143 g/mol. The smallest absolute Gasteiger partial charge is 0.409 e. The van der Waals surface area contributed by atoms with Gasteiger partial charge in [-0.05, 0) is 12.5 Å². The van der Waals surface area contributed by atoms with Gasteiger partial charge in [-0.1, -0.05) is 6.58 Å². The first kappa shape index (κ1) is 9.01. The minimum Gasteiger partial charge on any atom is -0.445 e. The van der Waals surface area contributed by atoms with E-state index < -0.39 is 0 Å². The number of carbonyl (C=O) groups is 1. The molecule has 0 heterocycles. The Hall–Kier alpha value is -0.990. The summed E-state index contributed by atoms with van der Waals surface area (Å²) in [7, 11) is 3.28. The molecule has 0 aromatic rings. The van der Waals surface area contributed by atoms with Gasteiger partial charge < -0.3 is 9.64 Å². The zero-order chi connectivity index (χ0) is 8.15. The van der Waals surface area contributed by atoms with E-state index >= 15 is 0 Å². The second-order valence-electron chi connectivity index (χ2n) is 2.41. The third kappa shape index (κ3) is 3.95. The molecule has 0 aromatic heterocycles. The Morgan fingerprint density at radius 1 is 1.60 bits per heavy atom. The van der Waals surface area contributed by atoms with Gasteiger partial charge in [-0.2, -0.15) is 0 Å². The van der Waals surface area contributed by atoms with Gasteiger partial charge in [0.25, 0.3) is 0 Å². The number of carbonyl (C=O) groups excluding carboxylic acids is 1. The first-order valence-electron chi connectivity index (χ1n) is 3.02. The molecule has 0 fully saturated rings. The van der Waals surface area contributed by atoms with Gasteiger partial charge >= 0.3 is 6.09 Å². The van der Waals surface area contributed by atoms with Gasteiger partial charge in [-0.3, -0.25) is 0 Å². The van der Waals surface area contributed by atoms with Crippen LogP contribution in [0.4, 0.5) is 4.79 Å². The molecule has 0 aliphatic carbocycles. The topological polar surface area (TPSA) is 29.5 Å². The molecule has 10 heavy (non-hydrogen) atoms. The van der Waals surface area contributed by atoms with Crippen LogP contribution in [0.5, 0.6) is 0 Å². The minimum absolute atomic E-state index is 0.303. The SMILES string of the molecule is C=C(C)COC(=O)N(C)C. The molecular weight excluding hydrogens is 130 g/mol. The van der Waals surface area contributed by atoms with Crippen molar-refractivity contribution in [2.45, 2.75) is 6.92 Å². The molecular formula is C7H13NO2. The van der Waals surface area contributed by atoms with Crippen molar-refractivity contribution in [3.8, 4) is 0 Å². The van der Waals surface area contributed by atoms with Crippen molar-refractivity contribution in [1.82, 2.24) is 4.90 Å². The molecule has 0 bridgehead atoms. The Morgan fingerprint density at radius 2 is 2.10 bits per heavy atom. The van der Waals surface area contributed by atoms with Crippen LogP contribution in [0, 0.1) is 0 Å². The Morgan fingerprint density at radius 3 is 2.40 bits per heavy atom. The zero-order valence-electron chi connectivity index (χ0n) is 6.68. The molecule has 0 aliphatic heterocycles. The highest BCUT2D eigenvalue weighted by Crippen LogP contribution is 1.91. The summed E-state index contributed by atoms with van der Waals surface area (Å²) in [6, 6.07) is 0. The second kappa shape index (κ2) is 3.93. The molecule has 58 valence electrons. The van der Waals surface area contributed by atoms with Crippen molar-refractivity contribution >= 4 is 6.09 Å². The molecule has 3 heteroatoms. The molecule has 0 saturated carbocycles. The van der Waals surface area contributed by atoms with Crippen molar-refractivity contribution in [3.63, 3.8) is 0 Å². The van der Waals surface area contributed by atoms with Gasteiger partial charge in [-0.15, -0.1) is 0 Å². The lowest BCUT2D eigenvalue weighted by atomic mass is 10.4. The molecule has 0 spiro atoms. The fourth-order valence-corrected chi connectivity index (χ4v) is 0.314. The number of rotatable bonds is 2. The average molecular weight is 143 g/mol. The lowest BCUT2D eigenvalue weighted by molar-refractivity contribution is 0.127. The normalized spacial score (nSPS) is 8.70. The standard InChI is InChI=1S/C7H13NO2/c1-6(2)5-10-7(9)8(3)4/h1,5H2,2-4H3. The number of nitrogens with zero attached hydrogens (tertiary/aromatic N) is 1. The molecule has 0 atom stereocenters. The highest BCUT2D eigenvalue weighted by atomic mass is 16.6. The maximum Gasteiger partial charge on any atom is 0.409 e. The maximum atomic E-state index is 10.7. The Bertz CT molecular complexity index is 141. The van der Waals surface area contributed by atoms with Crippen LogP contribution >= 0.6 is 0 Å². The Balaban J connectivity index is 3.50. The van der Waals surface area contributed by atoms with Gasteiger partial charge in [0.2, 0.25) is 0 Å². The van der Waals surface area contributed by atoms with Gasteiger partial charge in [-0.25, -0.2) is 4.79 Å². The molecule has 0 N–H and O–H groups in total. The molecule has 3 nitrogen and oxygen atoms in total. The molecule has 0 aromatic carbocycles. The van der Waals surface area contributed by atoms with E-state index in [2.05, 4.69) is 6.58 Å². The third-order valence-corrected chi connectivity index (χ3v) is 0.807. The number of hydrogen-bond acceptors (Lipinski definition) is 2. The van der Waals surface area contributed by atoms with Gasteiger partial charge in [0.15, 0.2) is 0 Å². The third-order valence-electron chi connectivity index (χ3n) is 0.807. The number of ether oxygens (including phenoxy) is 1. The predicted octanol–water partition coefficient (Wildman–Crippen LogP) is 1.26. The Labute approximate surface area is 61.3 Å². The van der Waals surface area contributed by atoms with E-state index in [9.17, 15) is 4.79 Å². The lowest BCUT2D eigenvalue weighted by Crippen LogP contribution is -2.23. The summed E-state index contributed by atoms with van der Waals surface area (Å²) in [5.41, 5.74) is 0.843. The van der Waals surface area contributed by atoms with E-state index in [1.807, 2.05) is 6.92 Å². The molecule has 0 aliphatic rings. The van der Waals surface area contributed by atoms with Crippen LogP contribution in [0.3, 0.4) is 0 Å². The van der Waals surface area contributed by atoms with Gasteiger partial charge in [0.1, 0.15) is 6.61 Å². The molecule has 1 amide bonds. The van der Waals surface area contributed by atoms with Crippen molar-refractivity contribution in [2.24, 2.45) is 0 Å². The summed E-state index contributed by atoms with van der Waals surface area (Å²) in [6.07, 6.45) is -0.331. The summed E-state index contributed by atoms with van der Waals surface area (Å²) in [6.45, 7) is 5.70. The Kier molecular flexibility index (Phi) is 3.54. The summed E-state index contributed by atoms with van der Waals surface area (Å²) < 4.78 is 4.75. The van der Waals surface area contributed by atoms with E-state index in [1.54, 1.807) is 14.1 Å².